The molecule has 2 fully saturated rings. The lowest BCUT2D eigenvalue weighted by Gasteiger charge is -2.51. The van der Waals surface area contributed by atoms with Crippen LogP contribution in [0.25, 0.3) is 0 Å². The monoisotopic (exact) mass is 265 g/mol. The molecule has 0 radical (unpaired) electrons. The Balaban J connectivity index is 2.19. The number of hydrogen-bond acceptors (Lipinski definition) is 3. The maximum absolute atomic E-state index is 11.1. The Morgan fingerprint density at radius 2 is 1.89 bits per heavy atom. The summed E-state index contributed by atoms with van der Waals surface area (Å²) in [6.45, 7) is 6.81. The number of nitrogens with zero attached hydrogens (tertiary/aromatic N) is 1. The Morgan fingerprint density at radius 1 is 1.26 bits per heavy atom. The van der Waals surface area contributed by atoms with Gasteiger partial charge in [0.1, 0.15) is 0 Å². The SMILES string of the molecule is CCC1CCC(C#N)(C2(O)CCOC(C)(C)C2)CC1. The van der Waals surface area contributed by atoms with Crippen LogP contribution in [0.3, 0.4) is 0 Å². The summed E-state index contributed by atoms with van der Waals surface area (Å²) in [4.78, 5) is 0. The summed E-state index contributed by atoms with van der Waals surface area (Å²) in [6, 6.07) is 2.50. The molecule has 0 amide bonds. The maximum atomic E-state index is 11.1. The highest BCUT2D eigenvalue weighted by atomic mass is 16.5. The Hall–Kier alpha value is -0.590. The predicted octanol–water partition coefficient (Wildman–Crippen LogP) is 3.42. The van der Waals surface area contributed by atoms with Crippen molar-refractivity contribution in [1.29, 1.82) is 5.26 Å². The molecule has 2 rings (SSSR count). The van der Waals surface area contributed by atoms with Crippen molar-refractivity contribution in [3.8, 4) is 6.07 Å². The van der Waals surface area contributed by atoms with Crippen LogP contribution in [0.5, 0.6) is 0 Å². The molecule has 0 aromatic rings. The van der Waals surface area contributed by atoms with Gasteiger partial charge >= 0.3 is 0 Å². The Morgan fingerprint density at radius 3 is 2.37 bits per heavy atom. The van der Waals surface area contributed by atoms with E-state index in [1.165, 1.54) is 6.42 Å². The van der Waals surface area contributed by atoms with Crippen molar-refractivity contribution < 1.29 is 9.84 Å². The van der Waals surface area contributed by atoms with E-state index in [0.29, 0.717) is 19.4 Å². The number of hydrogen-bond donors (Lipinski definition) is 1. The van der Waals surface area contributed by atoms with Gasteiger partial charge in [0.2, 0.25) is 0 Å². The Kier molecular flexibility index (Phi) is 3.95. The van der Waals surface area contributed by atoms with E-state index >= 15 is 0 Å². The smallest absolute Gasteiger partial charge is 0.0882 e. The van der Waals surface area contributed by atoms with Crippen LogP contribution in [0, 0.1) is 22.7 Å². The van der Waals surface area contributed by atoms with E-state index in [4.69, 9.17) is 4.74 Å². The summed E-state index contributed by atoms with van der Waals surface area (Å²) in [5.41, 5.74) is -1.75. The van der Waals surface area contributed by atoms with E-state index in [0.717, 1.165) is 31.6 Å². The van der Waals surface area contributed by atoms with Crippen LogP contribution in [-0.2, 0) is 4.74 Å². The van der Waals surface area contributed by atoms with Crippen molar-refractivity contribution >= 4 is 0 Å². The fourth-order valence-corrected chi connectivity index (χ4v) is 4.01. The molecule has 1 saturated carbocycles. The molecule has 1 atom stereocenters. The van der Waals surface area contributed by atoms with Crippen molar-refractivity contribution in [3.63, 3.8) is 0 Å². The molecular formula is C16H27NO2. The molecular weight excluding hydrogens is 238 g/mol. The molecule has 1 N–H and O–H groups in total. The molecule has 1 aliphatic heterocycles. The molecule has 19 heavy (non-hydrogen) atoms. The van der Waals surface area contributed by atoms with Gasteiger partial charge in [0.05, 0.1) is 29.3 Å². The molecule has 0 bridgehead atoms. The summed E-state index contributed by atoms with van der Waals surface area (Å²) >= 11 is 0. The van der Waals surface area contributed by atoms with Gasteiger partial charge < -0.3 is 9.84 Å². The average Bonchev–Trinajstić information content (AvgIpc) is 2.37. The second-order valence-corrected chi connectivity index (χ2v) is 7.11. The Bertz CT molecular complexity index is 363. The third kappa shape index (κ3) is 2.66. The molecule has 1 saturated heterocycles. The predicted molar refractivity (Wildman–Crippen MR) is 74.5 cm³/mol. The molecule has 3 heteroatoms. The van der Waals surface area contributed by atoms with Gasteiger partial charge in [-0.2, -0.15) is 5.26 Å². The van der Waals surface area contributed by atoms with Crippen molar-refractivity contribution in [2.75, 3.05) is 6.61 Å². The molecule has 0 aromatic heterocycles. The number of aliphatic hydroxyl groups is 1. The topological polar surface area (TPSA) is 53.2 Å². The van der Waals surface area contributed by atoms with Crippen molar-refractivity contribution in [1.82, 2.24) is 0 Å². The average molecular weight is 265 g/mol. The molecule has 1 unspecified atom stereocenters. The summed E-state index contributed by atoms with van der Waals surface area (Å²) in [5, 5.41) is 20.9. The third-order valence-corrected chi connectivity index (χ3v) is 5.37. The normalized spacial score (nSPS) is 42.6. The number of nitriles is 1. The second-order valence-electron chi connectivity index (χ2n) is 7.11. The number of rotatable bonds is 2. The van der Waals surface area contributed by atoms with Crippen LogP contribution < -0.4 is 0 Å². The minimum Gasteiger partial charge on any atom is -0.388 e. The fourth-order valence-electron chi connectivity index (χ4n) is 4.01. The first-order valence-corrected chi connectivity index (χ1v) is 7.64. The van der Waals surface area contributed by atoms with Crippen LogP contribution in [0.4, 0.5) is 0 Å². The van der Waals surface area contributed by atoms with E-state index in [-0.39, 0.29) is 5.60 Å². The van der Waals surface area contributed by atoms with Gasteiger partial charge in [-0.3, -0.25) is 0 Å². The summed E-state index contributed by atoms with van der Waals surface area (Å²) in [6.07, 6.45) is 6.20. The van der Waals surface area contributed by atoms with Gasteiger partial charge in [-0.25, -0.2) is 0 Å². The van der Waals surface area contributed by atoms with E-state index in [1.54, 1.807) is 0 Å². The first-order chi connectivity index (χ1) is 8.86. The van der Waals surface area contributed by atoms with Crippen LogP contribution in [0.2, 0.25) is 0 Å². The van der Waals surface area contributed by atoms with Crippen LogP contribution in [-0.4, -0.2) is 22.9 Å². The largest absolute Gasteiger partial charge is 0.388 e. The van der Waals surface area contributed by atoms with Gasteiger partial charge in [-0.05, 0) is 45.4 Å². The van der Waals surface area contributed by atoms with Crippen LogP contribution in [0.1, 0.15) is 65.7 Å². The molecule has 2 aliphatic rings. The lowest BCUT2D eigenvalue weighted by Crippen LogP contribution is -2.56. The zero-order chi connectivity index (χ0) is 14.1. The van der Waals surface area contributed by atoms with Crippen LogP contribution >= 0.6 is 0 Å². The van der Waals surface area contributed by atoms with Gasteiger partial charge in [0.25, 0.3) is 0 Å². The third-order valence-electron chi connectivity index (χ3n) is 5.37. The molecule has 0 spiro atoms. The maximum Gasteiger partial charge on any atom is 0.0882 e. The molecule has 0 aromatic carbocycles. The van der Waals surface area contributed by atoms with E-state index < -0.39 is 11.0 Å². The minimum absolute atomic E-state index is 0.321. The van der Waals surface area contributed by atoms with Gasteiger partial charge in [-0.1, -0.05) is 13.3 Å². The van der Waals surface area contributed by atoms with E-state index in [1.807, 2.05) is 13.8 Å². The zero-order valence-corrected chi connectivity index (χ0v) is 12.5. The lowest BCUT2D eigenvalue weighted by atomic mass is 9.58. The van der Waals surface area contributed by atoms with E-state index in [9.17, 15) is 10.4 Å². The highest BCUT2D eigenvalue weighted by molar-refractivity contribution is 5.15. The highest BCUT2D eigenvalue weighted by Gasteiger charge is 2.55. The summed E-state index contributed by atoms with van der Waals surface area (Å²) in [7, 11) is 0. The molecule has 108 valence electrons. The first-order valence-electron chi connectivity index (χ1n) is 7.64. The standard InChI is InChI=1S/C16H27NO2/c1-4-13-5-7-15(12-17,8-6-13)16(18)9-10-19-14(2,3)11-16/h13,18H,4-11H2,1-3H3. The highest BCUT2D eigenvalue weighted by Crippen LogP contribution is 2.52. The van der Waals surface area contributed by atoms with Gasteiger partial charge in [-0.15, -0.1) is 0 Å². The van der Waals surface area contributed by atoms with Crippen molar-refractivity contribution in [3.05, 3.63) is 0 Å². The molecule has 1 heterocycles. The zero-order valence-electron chi connectivity index (χ0n) is 12.5. The fraction of sp³-hybridized carbons (Fsp3) is 0.938. The van der Waals surface area contributed by atoms with Crippen molar-refractivity contribution in [2.45, 2.75) is 76.9 Å². The molecule has 1 aliphatic carbocycles. The Labute approximate surface area is 117 Å². The quantitative estimate of drug-likeness (QED) is 0.832. The second kappa shape index (κ2) is 5.07. The lowest BCUT2D eigenvalue weighted by molar-refractivity contribution is -0.189. The van der Waals surface area contributed by atoms with Gasteiger partial charge in [0, 0.05) is 12.8 Å². The van der Waals surface area contributed by atoms with E-state index in [2.05, 4.69) is 13.0 Å². The van der Waals surface area contributed by atoms with Gasteiger partial charge in [0.15, 0.2) is 0 Å². The number of ether oxygens (including phenoxy) is 1. The summed E-state index contributed by atoms with van der Waals surface area (Å²) in [5.74, 6) is 0.734. The minimum atomic E-state index is -0.873. The first kappa shape index (κ1) is 14.8. The molecule has 3 nitrogen and oxygen atoms in total. The van der Waals surface area contributed by atoms with Crippen LogP contribution in [0.15, 0.2) is 0 Å². The van der Waals surface area contributed by atoms with Crippen molar-refractivity contribution in [2.24, 2.45) is 11.3 Å². The summed E-state index contributed by atoms with van der Waals surface area (Å²) < 4.78 is 5.71.